The van der Waals surface area contributed by atoms with Crippen molar-refractivity contribution in [2.24, 2.45) is 0 Å². The molecule has 0 aliphatic heterocycles. The van der Waals surface area contributed by atoms with Crippen molar-refractivity contribution in [3.8, 4) is 11.5 Å². The Kier molecular flexibility index (Phi) is 5.42. The molecule has 0 radical (unpaired) electrons. The van der Waals surface area contributed by atoms with Gasteiger partial charge in [-0.1, -0.05) is 36.4 Å². The van der Waals surface area contributed by atoms with E-state index in [1.54, 1.807) is 25.3 Å². The standard InChI is InChI=1S/C22H23NO3/c1-4-26-20-12-11-19(14-21(20)25-3)22(24)23-15(2)17-10-9-16-7-5-6-8-18(16)13-17/h5-15H,4H2,1-3H3,(H,23,24)/t15-/m0/s1. The fourth-order valence-electron chi connectivity index (χ4n) is 2.92. The molecule has 0 saturated carbocycles. The zero-order valence-electron chi connectivity index (χ0n) is 15.3. The van der Waals surface area contributed by atoms with Crippen molar-refractivity contribution < 1.29 is 14.3 Å². The van der Waals surface area contributed by atoms with Crippen LogP contribution in [0.4, 0.5) is 0 Å². The molecule has 3 aromatic rings. The van der Waals surface area contributed by atoms with Crippen LogP contribution in [-0.4, -0.2) is 19.6 Å². The molecule has 0 aliphatic rings. The molecule has 134 valence electrons. The number of nitrogens with one attached hydrogen (secondary N) is 1. The third kappa shape index (κ3) is 3.80. The average Bonchev–Trinajstić information content (AvgIpc) is 2.68. The zero-order chi connectivity index (χ0) is 18.5. The molecule has 0 aromatic heterocycles. The molecule has 3 aromatic carbocycles. The third-order valence-corrected chi connectivity index (χ3v) is 4.35. The fourth-order valence-corrected chi connectivity index (χ4v) is 2.92. The molecule has 3 rings (SSSR count). The van der Waals surface area contributed by atoms with Crippen molar-refractivity contribution in [3.05, 3.63) is 71.8 Å². The largest absolute Gasteiger partial charge is 0.493 e. The first-order chi connectivity index (χ1) is 12.6. The Bertz CT molecular complexity index is 920. The first kappa shape index (κ1) is 17.8. The third-order valence-electron chi connectivity index (χ3n) is 4.35. The van der Waals surface area contributed by atoms with E-state index in [-0.39, 0.29) is 11.9 Å². The lowest BCUT2D eigenvalue weighted by Gasteiger charge is -2.16. The second-order valence-corrected chi connectivity index (χ2v) is 6.10. The number of amides is 1. The van der Waals surface area contributed by atoms with Crippen LogP contribution in [0.15, 0.2) is 60.7 Å². The minimum atomic E-state index is -0.146. The number of benzene rings is 3. The van der Waals surface area contributed by atoms with E-state index < -0.39 is 0 Å². The van der Waals surface area contributed by atoms with Gasteiger partial charge >= 0.3 is 0 Å². The quantitative estimate of drug-likeness (QED) is 0.699. The highest BCUT2D eigenvalue weighted by Gasteiger charge is 2.14. The van der Waals surface area contributed by atoms with Gasteiger partial charge in [-0.3, -0.25) is 4.79 Å². The van der Waals surface area contributed by atoms with Crippen molar-refractivity contribution >= 4 is 16.7 Å². The van der Waals surface area contributed by atoms with Gasteiger partial charge in [0.25, 0.3) is 5.91 Å². The Balaban J connectivity index is 1.77. The summed E-state index contributed by atoms with van der Waals surface area (Å²) in [6.45, 7) is 4.43. The number of ether oxygens (including phenoxy) is 2. The van der Waals surface area contributed by atoms with Gasteiger partial charge in [-0.2, -0.15) is 0 Å². The van der Waals surface area contributed by atoms with E-state index >= 15 is 0 Å². The summed E-state index contributed by atoms with van der Waals surface area (Å²) < 4.78 is 10.8. The molecule has 4 nitrogen and oxygen atoms in total. The first-order valence-corrected chi connectivity index (χ1v) is 8.72. The van der Waals surface area contributed by atoms with E-state index in [0.29, 0.717) is 23.7 Å². The summed E-state index contributed by atoms with van der Waals surface area (Å²) in [6, 6.07) is 19.5. The fraction of sp³-hybridized carbons (Fsp3) is 0.227. The maximum absolute atomic E-state index is 12.6. The summed E-state index contributed by atoms with van der Waals surface area (Å²) >= 11 is 0. The summed E-state index contributed by atoms with van der Waals surface area (Å²) in [4.78, 5) is 12.6. The molecule has 0 heterocycles. The molecule has 0 bridgehead atoms. The van der Waals surface area contributed by atoms with Crippen LogP contribution >= 0.6 is 0 Å². The van der Waals surface area contributed by atoms with Crippen LogP contribution in [0, 0.1) is 0 Å². The minimum Gasteiger partial charge on any atom is -0.493 e. The minimum absolute atomic E-state index is 0.107. The number of fused-ring (bicyclic) bond motifs is 1. The van der Waals surface area contributed by atoms with Gasteiger partial charge in [0.1, 0.15) is 0 Å². The molecule has 0 aliphatic carbocycles. The van der Waals surface area contributed by atoms with Crippen molar-refractivity contribution in [1.29, 1.82) is 0 Å². The topological polar surface area (TPSA) is 47.6 Å². The summed E-state index contributed by atoms with van der Waals surface area (Å²) in [5, 5.41) is 5.39. The summed E-state index contributed by atoms with van der Waals surface area (Å²) in [5.74, 6) is 1.04. The normalized spacial score (nSPS) is 11.8. The smallest absolute Gasteiger partial charge is 0.251 e. The van der Waals surface area contributed by atoms with Crippen LogP contribution in [0.3, 0.4) is 0 Å². The Labute approximate surface area is 153 Å². The number of carbonyl (C=O) groups excluding carboxylic acids is 1. The molecule has 26 heavy (non-hydrogen) atoms. The highest BCUT2D eigenvalue weighted by molar-refractivity contribution is 5.95. The molecular formula is C22H23NO3. The average molecular weight is 349 g/mol. The maximum atomic E-state index is 12.6. The second kappa shape index (κ2) is 7.91. The number of rotatable bonds is 6. The highest BCUT2D eigenvalue weighted by atomic mass is 16.5. The van der Waals surface area contributed by atoms with E-state index in [2.05, 4.69) is 29.6 Å². The van der Waals surface area contributed by atoms with Gasteiger partial charge in [0.2, 0.25) is 0 Å². The second-order valence-electron chi connectivity index (χ2n) is 6.10. The molecule has 0 spiro atoms. The van der Waals surface area contributed by atoms with Crippen molar-refractivity contribution in [2.45, 2.75) is 19.9 Å². The molecule has 0 saturated heterocycles. The van der Waals surface area contributed by atoms with Crippen molar-refractivity contribution in [1.82, 2.24) is 5.32 Å². The number of hydrogen-bond donors (Lipinski definition) is 1. The van der Waals surface area contributed by atoms with Gasteiger partial charge in [-0.25, -0.2) is 0 Å². The molecule has 1 N–H and O–H groups in total. The Morgan fingerprint density at radius 2 is 1.77 bits per heavy atom. The molecule has 0 fully saturated rings. The lowest BCUT2D eigenvalue weighted by Crippen LogP contribution is -2.26. The first-order valence-electron chi connectivity index (χ1n) is 8.72. The Hall–Kier alpha value is -3.01. The van der Waals surface area contributed by atoms with E-state index in [0.717, 1.165) is 10.9 Å². The van der Waals surface area contributed by atoms with Gasteiger partial charge in [0, 0.05) is 5.56 Å². The molecule has 1 amide bonds. The number of carbonyl (C=O) groups is 1. The molecule has 1 atom stereocenters. The SMILES string of the molecule is CCOc1ccc(C(=O)N[C@@H](C)c2ccc3ccccc3c2)cc1OC. The molecule has 0 unspecified atom stereocenters. The molecular weight excluding hydrogens is 326 g/mol. The Morgan fingerprint density at radius 3 is 2.50 bits per heavy atom. The van der Waals surface area contributed by atoms with Gasteiger partial charge < -0.3 is 14.8 Å². The van der Waals surface area contributed by atoms with Gasteiger partial charge in [0.15, 0.2) is 11.5 Å². The van der Waals surface area contributed by atoms with Crippen LogP contribution in [0.2, 0.25) is 0 Å². The maximum Gasteiger partial charge on any atom is 0.251 e. The zero-order valence-corrected chi connectivity index (χ0v) is 15.3. The monoisotopic (exact) mass is 349 g/mol. The number of methoxy groups -OCH3 is 1. The van der Waals surface area contributed by atoms with Crippen molar-refractivity contribution in [3.63, 3.8) is 0 Å². The summed E-state index contributed by atoms with van der Waals surface area (Å²) in [7, 11) is 1.57. The molecule has 4 heteroatoms. The van der Waals surface area contributed by atoms with Crippen LogP contribution in [-0.2, 0) is 0 Å². The van der Waals surface area contributed by atoms with Crippen LogP contribution in [0.1, 0.15) is 35.8 Å². The van der Waals surface area contributed by atoms with Gasteiger partial charge in [-0.15, -0.1) is 0 Å². The summed E-state index contributed by atoms with van der Waals surface area (Å²) in [6.07, 6.45) is 0. The van der Waals surface area contributed by atoms with E-state index in [1.807, 2.05) is 32.0 Å². The van der Waals surface area contributed by atoms with Crippen LogP contribution < -0.4 is 14.8 Å². The highest BCUT2D eigenvalue weighted by Crippen LogP contribution is 2.28. The van der Waals surface area contributed by atoms with Crippen molar-refractivity contribution in [2.75, 3.05) is 13.7 Å². The van der Waals surface area contributed by atoms with Crippen LogP contribution in [0.25, 0.3) is 10.8 Å². The lowest BCUT2D eigenvalue weighted by molar-refractivity contribution is 0.0939. The van der Waals surface area contributed by atoms with E-state index in [9.17, 15) is 4.79 Å². The van der Waals surface area contributed by atoms with Crippen LogP contribution in [0.5, 0.6) is 11.5 Å². The lowest BCUT2D eigenvalue weighted by atomic mass is 10.0. The van der Waals surface area contributed by atoms with Gasteiger partial charge in [0.05, 0.1) is 19.8 Å². The number of hydrogen-bond acceptors (Lipinski definition) is 3. The predicted molar refractivity (Wildman–Crippen MR) is 104 cm³/mol. The van der Waals surface area contributed by atoms with E-state index in [1.165, 1.54) is 5.39 Å². The summed E-state index contributed by atoms with van der Waals surface area (Å²) in [5.41, 5.74) is 1.60. The van der Waals surface area contributed by atoms with Gasteiger partial charge in [-0.05, 0) is 54.4 Å². The predicted octanol–water partition coefficient (Wildman–Crippen LogP) is 4.74. The van der Waals surface area contributed by atoms with E-state index in [4.69, 9.17) is 9.47 Å². The Morgan fingerprint density at radius 1 is 1.00 bits per heavy atom.